The van der Waals surface area contributed by atoms with Crippen molar-refractivity contribution in [2.75, 3.05) is 0 Å². The molecule has 4 N–H and O–H groups in total. The third-order valence-electron chi connectivity index (χ3n) is 1.82. The molecule has 0 saturated heterocycles. The first-order valence-electron chi connectivity index (χ1n) is 4.96. The third kappa shape index (κ3) is 6.69. The van der Waals surface area contributed by atoms with Crippen LogP contribution in [0.4, 0.5) is 0 Å². The first kappa shape index (κ1) is 14.3. The van der Waals surface area contributed by atoms with Crippen LogP contribution < -0.4 is 11.1 Å². The van der Waals surface area contributed by atoms with E-state index in [-0.39, 0.29) is 17.9 Å². The molecule has 6 heteroatoms. The summed E-state index contributed by atoms with van der Waals surface area (Å²) in [5.41, 5.74) is 4.64. The van der Waals surface area contributed by atoms with Gasteiger partial charge in [0.05, 0.1) is 6.04 Å². The summed E-state index contributed by atoms with van der Waals surface area (Å²) in [4.78, 5) is 11.1. The topological polar surface area (TPSA) is 104 Å². The summed E-state index contributed by atoms with van der Waals surface area (Å²) in [6, 6.07) is -0.121. The lowest BCUT2D eigenvalue weighted by atomic mass is 9.96. The van der Waals surface area contributed by atoms with Gasteiger partial charge in [0.2, 0.25) is 11.9 Å². The van der Waals surface area contributed by atoms with Crippen molar-refractivity contribution in [2.45, 2.75) is 38.8 Å². The first-order chi connectivity index (χ1) is 7.26. The van der Waals surface area contributed by atoms with E-state index in [0.717, 1.165) is 0 Å². The number of hydrogen-bond donors (Lipinski definition) is 3. The van der Waals surface area contributed by atoms with Gasteiger partial charge in [-0.15, -0.1) is 5.11 Å². The molecule has 0 aromatic carbocycles. The van der Waals surface area contributed by atoms with E-state index in [1.807, 2.05) is 20.8 Å². The molecule has 16 heavy (non-hydrogen) atoms. The molecular formula is C10H19N5O. The largest absolute Gasteiger partial charge is 0.367 e. The van der Waals surface area contributed by atoms with Crippen LogP contribution in [0.1, 0.15) is 27.2 Å². The first-order valence-corrected chi connectivity index (χ1v) is 4.96. The van der Waals surface area contributed by atoms with Gasteiger partial charge in [0.15, 0.2) is 0 Å². The number of hydrogen-bond acceptors (Lipinski definition) is 3. The molecular weight excluding hydrogens is 206 g/mol. The van der Waals surface area contributed by atoms with Crippen molar-refractivity contribution in [1.82, 2.24) is 5.32 Å². The van der Waals surface area contributed by atoms with E-state index in [1.165, 1.54) is 6.08 Å². The normalized spacial score (nSPS) is 13.4. The zero-order valence-electron chi connectivity index (χ0n) is 9.95. The fourth-order valence-corrected chi connectivity index (χ4v) is 1.38. The lowest BCUT2D eigenvalue weighted by Gasteiger charge is -2.26. The Bertz CT molecular complexity index is 308. The molecule has 1 unspecified atom stereocenters. The van der Waals surface area contributed by atoms with Crippen molar-refractivity contribution in [3.8, 4) is 0 Å². The zero-order chi connectivity index (χ0) is 12.8. The van der Waals surface area contributed by atoms with E-state index in [4.69, 9.17) is 11.1 Å². The maximum absolute atomic E-state index is 11.1. The summed E-state index contributed by atoms with van der Waals surface area (Å²) in [6.45, 7) is 8.99. The Morgan fingerprint density at radius 1 is 1.69 bits per heavy atom. The maximum atomic E-state index is 11.1. The molecule has 0 fully saturated rings. The highest BCUT2D eigenvalue weighted by molar-refractivity contribution is 5.87. The third-order valence-corrected chi connectivity index (χ3v) is 1.82. The van der Waals surface area contributed by atoms with Gasteiger partial charge in [-0.25, -0.2) is 0 Å². The van der Waals surface area contributed by atoms with Crippen LogP contribution in [-0.4, -0.2) is 23.4 Å². The minimum Gasteiger partial charge on any atom is -0.367 e. The van der Waals surface area contributed by atoms with Crippen LogP contribution in [0, 0.1) is 5.41 Å². The predicted molar refractivity (Wildman–Crippen MR) is 63.3 cm³/mol. The molecule has 0 spiro atoms. The molecule has 0 aromatic heterocycles. The second-order valence-electron chi connectivity index (χ2n) is 4.23. The van der Waals surface area contributed by atoms with Gasteiger partial charge in [-0.05, 0) is 33.3 Å². The number of azo groups is 1. The number of nitrogens with one attached hydrogen (secondary N) is 2. The van der Waals surface area contributed by atoms with Gasteiger partial charge in [0.25, 0.3) is 0 Å². The number of amides is 1. The average molecular weight is 225 g/mol. The van der Waals surface area contributed by atoms with Crippen molar-refractivity contribution >= 4 is 11.9 Å². The predicted octanol–water partition coefficient (Wildman–Crippen LogP) is 1.19. The summed E-state index contributed by atoms with van der Waals surface area (Å²) in [5, 5.41) is 17.0. The van der Waals surface area contributed by atoms with Crippen LogP contribution in [0.2, 0.25) is 0 Å². The molecule has 0 saturated carbocycles. The Labute approximate surface area is 95.5 Å². The highest BCUT2D eigenvalue weighted by Gasteiger charge is 2.22. The minimum absolute atomic E-state index is 0.121. The molecule has 1 atom stereocenters. The quantitative estimate of drug-likeness (QED) is 0.283. The highest BCUT2D eigenvalue weighted by Crippen LogP contribution is 2.13. The molecule has 0 bridgehead atoms. The second kappa shape index (κ2) is 5.99. The van der Waals surface area contributed by atoms with E-state index >= 15 is 0 Å². The van der Waals surface area contributed by atoms with E-state index < -0.39 is 5.54 Å². The monoisotopic (exact) mass is 225 g/mol. The second-order valence-corrected chi connectivity index (χ2v) is 4.23. The van der Waals surface area contributed by atoms with Gasteiger partial charge >= 0.3 is 0 Å². The fourth-order valence-electron chi connectivity index (χ4n) is 1.38. The highest BCUT2D eigenvalue weighted by atomic mass is 16.1. The van der Waals surface area contributed by atoms with E-state index in [2.05, 4.69) is 22.1 Å². The molecule has 0 aliphatic carbocycles. The Morgan fingerprint density at radius 2 is 2.25 bits per heavy atom. The molecule has 0 aliphatic heterocycles. The summed E-state index contributed by atoms with van der Waals surface area (Å²) in [6.07, 6.45) is 1.83. The lowest BCUT2D eigenvalue weighted by Crippen LogP contribution is -2.44. The maximum Gasteiger partial charge on any atom is 0.243 e. The van der Waals surface area contributed by atoms with Crippen LogP contribution in [-0.2, 0) is 4.79 Å². The van der Waals surface area contributed by atoms with Crippen molar-refractivity contribution in [2.24, 2.45) is 16.0 Å². The molecule has 90 valence electrons. The van der Waals surface area contributed by atoms with Gasteiger partial charge in [-0.1, -0.05) is 6.58 Å². The number of guanidine groups is 1. The van der Waals surface area contributed by atoms with Crippen LogP contribution in [0.25, 0.3) is 0 Å². The molecule has 0 aliphatic rings. The minimum atomic E-state index is -0.402. The molecule has 0 heterocycles. The van der Waals surface area contributed by atoms with Crippen LogP contribution in [0.5, 0.6) is 0 Å². The lowest BCUT2D eigenvalue weighted by molar-refractivity contribution is -0.118. The molecule has 0 rings (SSSR count). The number of carbonyl (C=O) groups excluding carboxylic acids is 1. The van der Waals surface area contributed by atoms with Crippen molar-refractivity contribution in [3.63, 3.8) is 0 Å². The van der Waals surface area contributed by atoms with E-state index in [1.54, 1.807) is 0 Å². The van der Waals surface area contributed by atoms with Gasteiger partial charge < -0.3 is 11.1 Å². The Kier molecular flexibility index (Phi) is 5.35. The summed E-state index contributed by atoms with van der Waals surface area (Å²) in [5.74, 6) is -0.541. The smallest absolute Gasteiger partial charge is 0.243 e. The summed E-state index contributed by atoms with van der Waals surface area (Å²) in [7, 11) is 0. The van der Waals surface area contributed by atoms with E-state index in [0.29, 0.717) is 6.42 Å². The van der Waals surface area contributed by atoms with Gasteiger partial charge in [0, 0.05) is 5.54 Å². The van der Waals surface area contributed by atoms with Crippen LogP contribution in [0.3, 0.4) is 0 Å². The van der Waals surface area contributed by atoms with Gasteiger partial charge in [-0.3, -0.25) is 10.2 Å². The molecule has 0 radical (unpaired) electrons. The Morgan fingerprint density at radius 3 is 2.69 bits per heavy atom. The van der Waals surface area contributed by atoms with Crippen molar-refractivity contribution in [3.05, 3.63) is 12.7 Å². The van der Waals surface area contributed by atoms with Crippen LogP contribution in [0.15, 0.2) is 22.9 Å². The number of rotatable bonds is 5. The zero-order valence-corrected chi connectivity index (χ0v) is 9.95. The van der Waals surface area contributed by atoms with Gasteiger partial charge in [0.1, 0.15) is 0 Å². The van der Waals surface area contributed by atoms with Crippen LogP contribution >= 0.6 is 0 Å². The number of carbonyl (C=O) groups is 1. The van der Waals surface area contributed by atoms with Crippen molar-refractivity contribution < 1.29 is 4.79 Å². The van der Waals surface area contributed by atoms with Gasteiger partial charge in [-0.2, -0.15) is 5.11 Å². The number of nitrogens with two attached hydrogens (primary N) is 1. The van der Waals surface area contributed by atoms with E-state index in [9.17, 15) is 4.79 Å². The SMILES string of the molecule is C=CC(=O)NC(C)(C)CC(C)N=NC(=N)N. The standard InChI is InChI=1S/C10H19N5O/c1-5-8(16)13-10(3,4)6-7(2)14-15-9(11)12/h5,7H,1,6H2,2-4H3,(H3,11,12)(H,13,16). The summed E-state index contributed by atoms with van der Waals surface area (Å²) < 4.78 is 0. The Balaban J connectivity index is 4.29. The molecule has 6 nitrogen and oxygen atoms in total. The number of nitrogens with zero attached hydrogens (tertiary/aromatic N) is 2. The molecule has 0 aromatic rings. The molecule has 1 amide bonds. The Hall–Kier alpha value is -1.72. The average Bonchev–Trinajstić information content (AvgIpc) is 2.13. The fraction of sp³-hybridized carbons (Fsp3) is 0.600. The van der Waals surface area contributed by atoms with Crippen molar-refractivity contribution in [1.29, 1.82) is 5.41 Å². The summed E-state index contributed by atoms with van der Waals surface area (Å²) >= 11 is 0.